The summed E-state index contributed by atoms with van der Waals surface area (Å²) in [6.45, 7) is 0.633. The molecule has 2 aromatic carbocycles. The summed E-state index contributed by atoms with van der Waals surface area (Å²) in [5, 5.41) is 2.95. The molecule has 158 valence electrons. The van der Waals surface area contributed by atoms with Gasteiger partial charge in [0.05, 0.1) is 15.7 Å². The highest BCUT2D eigenvalue weighted by Gasteiger charge is 2.24. The Hall–Kier alpha value is -3.18. The SMILES string of the molecule is O=C(NNc1nc2ccc(Br)cc2s1)C(=O)Nc1ccc2c(c1)oc(=O)n2CC1CC1. The average Bonchev–Trinajstić information content (AvgIpc) is 3.39. The highest BCUT2D eigenvalue weighted by Crippen LogP contribution is 2.31. The van der Waals surface area contributed by atoms with Crippen LogP contribution >= 0.6 is 27.3 Å². The number of carbonyl (C=O) groups excluding carboxylic acids is 2. The van der Waals surface area contributed by atoms with E-state index in [4.69, 9.17) is 4.42 Å². The van der Waals surface area contributed by atoms with Gasteiger partial charge in [0.2, 0.25) is 5.13 Å². The van der Waals surface area contributed by atoms with Gasteiger partial charge < -0.3 is 9.73 Å². The summed E-state index contributed by atoms with van der Waals surface area (Å²) in [4.78, 5) is 40.8. The van der Waals surface area contributed by atoms with Crippen molar-refractivity contribution in [2.24, 2.45) is 5.92 Å². The summed E-state index contributed by atoms with van der Waals surface area (Å²) < 4.78 is 8.74. The van der Waals surface area contributed by atoms with Crippen molar-refractivity contribution in [2.75, 3.05) is 10.7 Å². The van der Waals surface area contributed by atoms with Crippen LogP contribution < -0.4 is 21.9 Å². The van der Waals surface area contributed by atoms with Crippen molar-refractivity contribution in [2.45, 2.75) is 19.4 Å². The number of nitrogens with one attached hydrogen (secondary N) is 3. The van der Waals surface area contributed by atoms with Crippen molar-refractivity contribution >= 4 is 71.2 Å². The highest BCUT2D eigenvalue weighted by molar-refractivity contribution is 9.10. The van der Waals surface area contributed by atoms with Gasteiger partial charge in [0.15, 0.2) is 5.58 Å². The lowest BCUT2D eigenvalue weighted by molar-refractivity contribution is -0.135. The Kier molecular flexibility index (Phi) is 4.98. The zero-order valence-corrected chi connectivity index (χ0v) is 18.4. The molecular weight excluding hydrogens is 486 g/mol. The fourth-order valence-electron chi connectivity index (χ4n) is 3.18. The van der Waals surface area contributed by atoms with Crippen LogP contribution in [0.2, 0.25) is 0 Å². The van der Waals surface area contributed by atoms with E-state index in [1.807, 2.05) is 18.2 Å². The molecule has 0 saturated heterocycles. The van der Waals surface area contributed by atoms with Crippen molar-refractivity contribution in [3.63, 3.8) is 0 Å². The van der Waals surface area contributed by atoms with Crippen LogP contribution in [0, 0.1) is 5.92 Å². The molecule has 1 saturated carbocycles. The number of amides is 2. The number of hydrazine groups is 1. The monoisotopic (exact) mass is 501 g/mol. The Bertz CT molecular complexity index is 1390. The zero-order chi connectivity index (χ0) is 21.5. The minimum Gasteiger partial charge on any atom is -0.408 e. The first kappa shape index (κ1) is 19.8. The lowest BCUT2D eigenvalue weighted by Gasteiger charge is -2.07. The van der Waals surface area contributed by atoms with Crippen LogP contribution in [0.1, 0.15) is 12.8 Å². The molecule has 0 aliphatic heterocycles. The molecule has 4 aromatic rings. The summed E-state index contributed by atoms with van der Waals surface area (Å²) in [6.07, 6.45) is 2.23. The van der Waals surface area contributed by atoms with E-state index in [9.17, 15) is 14.4 Å². The van der Waals surface area contributed by atoms with Gasteiger partial charge in [0.25, 0.3) is 0 Å². The Balaban J connectivity index is 1.23. The van der Waals surface area contributed by atoms with Gasteiger partial charge in [-0.1, -0.05) is 27.3 Å². The van der Waals surface area contributed by atoms with Gasteiger partial charge in [-0.05, 0) is 49.1 Å². The number of carbonyl (C=O) groups is 2. The first-order chi connectivity index (χ1) is 15.0. The summed E-state index contributed by atoms with van der Waals surface area (Å²) >= 11 is 4.74. The molecule has 1 aliphatic carbocycles. The molecule has 9 nitrogen and oxygen atoms in total. The fourth-order valence-corrected chi connectivity index (χ4v) is 4.55. The van der Waals surface area contributed by atoms with Crippen molar-refractivity contribution in [1.82, 2.24) is 15.0 Å². The number of oxazole rings is 1. The third-order valence-corrected chi connectivity index (χ3v) is 6.33. The van der Waals surface area contributed by atoms with Crippen molar-refractivity contribution in [3.8, 4) is 0 Å². The Morgan fingerprint density at radius 3 is 2.84 bits per heavy atom. The predicted molar refractivity (Wildman–Crippen MR) is 121 cm³/mol. The van der Waals surface area contributed by atoms with Crippen LogP contribution in [0.15, 0.2) is 50.1 Å². The molecule has 5 rings (SSSR count). The number of anilines is 2. The van der Waals surface area contributed by atoms with Gasteiger partial charge in [0.1, 0.15) is 0 Å². The Morgan fingerprint density at radius 2 is 2.03 bits per heavy atom. The highest BCUT2D eigenvalue weighted by atomic mass is 79.9. The van der Waals surface area contributed by atoms with Crippen LogP contribution in [0.25, 0.3) is 21.3 Å². The lowest BCUT2D eigenvalue weighted by atomic mass is 10.2. The second-order valence-corrected chi connectivity index (χ2v) is 9.22. The van der Waals surface area contributed by atoms with Crippen LogP contribution in [-0.2, 0) is 16.1 Å². The molecule has 0 bridgehead atoms. The normalized spacial score (nSPS) is 13.5. The van der Waals surface area contributed by atoms with Gasteiger partial charge >= 0.3 is 17.6 Å². The van der Waals surface area contributed by atoms with Gasteiger partial charge in [-0.3, -0.25) is 25.0 Å². The van der Waals surface area contributed by atoms with Gasteiger partial charge in [-0.15, -0.1) is 0 Å². The van der Waals surface area contributed by atoms with Crippen LogP contribution in [0.3, 0.4) is 0 Å². The number of aromatic nitrogens is 2. The summed E-state index contributed by atoms with van der Waals surface area (Å²) in [5.41, 5.74) is 7.15. The van der Waals surface area contributed by atoms with E-state index >= 15 is 0 Å². The maximum absolute atomic E-state index is 12.2. The van der Waals surface area contributed by atoms with E-state index in [1.54, 1.807) is 16.7 Å². The van der Waals surface area contributed by atoms with Crippen LogP contribution in [0.5, 0.6) is 0 Å². The average molecular weight is 502 g/mol. The third kappa shape index (κ3) is 4.19. The second-order valence-electron chi connectivity index (χ2n) is 7.27. The molecule has 1 fully saturated rings. The number of hydrogen-bond acceptors (Lipinski definition) is 7. The van der Waals surface area contributed by atoms with E-state index in [-0.39, 0.29) is 0 Å². The van der Waals surface area contributed by atoms with E-state index in [2.05, 4.69) is 37.1 Å². The van der Waals surface area contributed by atoms with E-state index in [1.165, 1.54) is 17.4 Å². The molecule has 0 spiro atoms. The third-order valence-electron chi connectivity index (χ3n) is 4.90. The number of hydrogen-bond donors (Lipinski definition) is 3. The predicted octanol–water partition coefficient (Wildman–Crippen LogP) is 3.46. The van der Waals surface area contributed by atoms with Crippen molar-refractivity contribution in [1.29, 1.82) is 0 Å². The summed E-state index contributed by atoms with van der Waals surface area (Å²) in [7, 11) is 0. The minimum atomic E-state index is -0.881. The van der Waals surface area contributed by atoms with Gasteiger partial charge in [-0.2, -0.15) is 0 Å². The summed E-state index contributed by atoms with van der Waals surface area (Å²) in [5.74, 6) is -1.65. The number of rotatable bonds is 5. The number of halogens is 1. The van der Waals surface area contributed by atoms with Gasteiger partial charge in [0, 0.05) is 22.8 Å². The number of fused-ring (bicyclic) bond motifs is 2. The van der Waals surface area contributed by atoms with Gasteiger partial charge in [-0.25, -0.2) is 9.78 Å². The number of nitrogens with zero attached hydrogens (tertiary/aromatic N) is 2. The molecule has 2 aromatic heterocycles. The van der Waals surface area contributed by atoms with E-state index in [0.29, 0.717) is 34.4 Å². The number of benzene rings is 2. The molecule has 31 heavy (non-hydrogen) atoms. The first-order valence-electron chi connectivity index (χ1n) is 9.53. The maximum Gasteiger partial charge on any atom is 0.419 e. The molecule has 2 heterocycles. The molecule has 2 amide bonds. The summed E-state index contributed by atoms with van der Waals surface area (Å²) in [6, 6.07) is 10.5. The lowest BCUT2D eigenvalue weighted by Crippen LogP contribution is -2.38. The Morgan fingerprint density at radius 1 is 1.19 bits per heavy atom. The molecular formula is C20H16BrN5O4S. The quantitative estimate of drug-likeness (QED) is 0.284. The largest absolute Gasteiger partial charge is 0.419 e. The van der Waals surface area contributed by atoms with Crippen LogP contribution in [-0.4, -0.2) is 21.4 Å². The topological polar surface area (TPSA) is 118 Å². The first-order valence-corrected chi connectivity index (χ1v) is 11.1. The molecule has 0 radical (unpaired) electrons. The zero-order valence-electron chi connectivity index (χ0n) is 16.0. The molecule has 0 atom stereocenters. The Labute approximate surface area is 187 Å². The molecule has 11 heteroatoms. The van der Waals surface area contributed by atoms with E-state index in [0.717, 1.165) is 27.5 Å². The second kappa shape index (κ2) is 7.82. The fraction of sp³-hybridized carbons (Fsp3) is 0.200. The number of thiazole rings is 1. The maximum atomic E-state index is 12.2. The smallest absolute Gasteiger partial charge is 0.408 e. The van der Waals surface area contributed by atoms with Crippen molar-refractivity contribution < 1.29 is 14.0 Å². The molecule has 3 N–H and O–H groups in total. The van der Waals surface area contributed by atoms with Crippen LogP contribution in [0.4, 0.5) is 10.8 Å². The molecule has 1 aliphatic rings. The van der Waals surface area contributed by atoms with E-state index < -0.39 is 17.6 Å². The molecule has 0 unspecified atom stereocenters. The minimum absolute atomic E-state index is 0.352. The van der Waals surface area contributed by atoms with Crippen molar-refractivity contribution in [3.05, 3.63) is 51.4 Å². The standard InChI is InChI=1S/C20H16BrN5O4S/c21-11-3-5-13-16(7-11)31-19(23-13)25-24-18(28)17(27)22-12-4-6-14-15(8-12)30-20(29)26(14)9-10-1-2-10/h3-8,10H,1-2,9H2,(H,22,27)(H,23,25)(H,24,28).